The van der Waals surface area contributed by atoms with E-state index in [0.717, 1.165) is 16.7 Å². The molecule has 2 N–H and O–H groups in total. The number of ether oxygens (including phenoxy) is 1. The van der Waals surface area contributed by atoms with E-state index in [4.69, 9.17) is 16.3 Å². The molecule has 0 saturated heterocycles. The molecule has 28 heavy (non-hydrogen) atoms. The van der Waals surface area contributed by atoms with Crippen LogP contribution in [-0.2, 0) is 22.5 Å². The fourth-order valence-corrected chi connectivity index (χ4v) is 3.43. The first-order valence-corrected chi connectivity index (χ1v) is 9.76. The second kappa shape index (κ2) is 9.89. The Hall–Kier alpha value is -2.11. The number of benzene rings is 2. The molecule has 0 saturated carbocycles. The number of halogens is 2. The smallest absolute Gasteiger partial charge is 0.319 e. The molecule has 152 valence electrons. The number of aromatic hydroxyl groups is 1. The summed E-state index contributed by atoms with van der Waals surface area (Å²) in [5.74, 6) is -0.422. The minimum absolute atomic E-state index is 0.0111. The molecule has 0 fully saturated rings. The number of esters is 1. The minimum Gasteiger partial charge on any atom is -0.508 e. The highest BCUT2D eigenvalue weighted by atomic mass is 35.5. The molecule has 0 aromatic heterocycles. The monoisotopic (exact) mass is 407 g/mol. The maximum atomic E-state index is 14.8. The highest BCUT2D eigenvalue weighted by Crippen LogP contribution is 2.31. The third-order valence-corrected chi connectivity index (χ3v) is 4.99. The van der Waals surface area contributed by atoms with Crippen LogP contribution in [0.15, 0.2) is 24.3 Å². The topological polar surface area (TPSA) is 58.6 Å². The summed E-state index contributed by atoms with van der Waals surface area (Å²) in [6.45, 7) is 8.14. The van der Waals surface area contributed by atoms with Gasteiger partial charge in [-0.2, -0.15) is 0 Å². The first-order chi connectivity index (χ1) is 13.2. The molecule has 0 atom stereocenters. The van der Waals surface area contributed by atoms with Crippen molar-refractivity contribution in [1.82, 2.24) is 5.32 Å². The first kappa shape index (κ1) is 22.2. The van der Waals surface area contributed by atoms with Gasteiger partial charge in [-0.25, -0.2) is 4.39 Å². The van der Waals surface area contributed by atoms with Crippen molar-refractivity contribution in [1.29, 1.82) is 0 Å². The highest BCUT2D eigenvalue weighted by Gasteiger charge is 2.16. The Labute approximate surface area is 170 Å². The van der Waals surface area contributed by atoms with E-state index < -0.39 is 5.82 Å². The van der Waals surface area contributed by atoms with E-state index in [1.54, 1.807) is 19.1 Å². The highest BCUT2D eigenvalue weighted by molar-refractivity contribution is 6.31. The Morgan fingerprint density at radius 1 is 1.32 bits per heavy atom. The van der Waals surface area contributed by atoms with E-state index in [1.165, 1.54) is 0 Å². The van der Waals surface area contributed by atoms with Crippen LogP contribution in [-0.4, -0.2) is 24.2 Å². The summed E-state index contributed by atoms with van der Waals surface area (Å²) < 4.78 is 19.6. The molecule has 0 amide bonds. The van der Waals surface area contributed by atoms with Crippen molar-refractivity contribution in [2.75, 3.05) is 13.2 Å². The summed E-state index contributed by atoms with van der Waals surface area (Å²) in [5, 5.41) is 13.0. The lowest BCUT2D eigenvalue weighted by Gasteiger charge is -2.15. The lowest BCUT2D eigenvalue weighted by Crippen LogP contribution is -2.25. The number of carbonyl (C=O) groups is 1. The Bertz CT molecular complexity index is 852. The zero-order valence-electron chi connectivity index (χ0n) is 16.7. The molecule has 4 nitrogen and oxygen atoms in total. The average Bonchev–Trinajstić information content (AvgIpc) is 2.64. The van der Waals surface area contributed by atoms with E-state index >= 15 is 0 Å². The molecule has 0 unspecified atom stereocenters. The van der Waals surface area contributed by atoms with Crippen LogP contribution in [0.4, 0.5) is 4.39 Å². The molecule has 0 aliphatic rings. The summed E-state index contributed by atoms with van der Waals surface area (Å²) in [5.41, 5.74) is 3.81. The summed E-state index contributed by atoms with van der Waals surface area (Å²) in [7, 11) is 0. The van der Waals surface area contributed by atoms with E-state index in [2.05, 4.69) is 5.32 Å². The van der Waals surface area contributed by atoms with Gasteiger partial charge in [0.1, 0.15) is 11.6 Å². The van der Waals surface area contributed by atoms with Crippen LogP contribution in [0.1, 0.15) is 54.5 Å². The van der Waals surface area contributed by atoms with Crippen molar-refractivity contribution in [2.45, 2.75) is 46.6 Å². The molecular formula is C22H27ClFNO3. The normalized spacial score (nSPS) is 11.1. The number of carbonyl (C=O) groups excluding carboxylic acids is 1. The molecule has 2 aromatic carbocycles. The van der Waals surface area contributed by atoms with E-state index in [-0.39, 0.29) is 35.7 Å². The van der Waals surface area contributed by atoms with Gasteiger partial charge in [0.2, 0.25) is 0 Å². The van der Waals surface area contributed by atoms with Crippen LogP contribution >= 0.6 is 11.6 Å². The van der Waals surface area contributed by atoms with Gasteiger partial charge in [-0.05, 0) is 54.5 Å². The van der Waals surface area contributed by atoms with Gasteiger partial charge in [-0.15, -0.1) is 0 Å². The van der Waals surface area contributed by atoms with Gasteiger partial charge in [0.25, 0.3) is 0 Å². The van der Waals surface area contributed by atoms with Crippen molar-refractivity contribution < 1.29 is 19.0 Å². The number of phenolic OH excluding ortho intramolecular Hbond substituents is 1. The largest absolute Gasteiger partial charge is 0.508 e. The fourth-order valence-electron chi connectivity index (χ4n) is 3.10. The van der Waals surface area contributed by atoms with Crippen molar-refractivity contribution in [2.24, 2.45) is 0 Å². The Morgan fingerprint density at radius 2 is 2.04 bits per heavy atom. The summed E-state index contributed by atoms with van der Waals surface area (Å²) in [6.07, 6.45) is 0.470. The second-order valence-electron chi connectivity index (χ2n) is 7.09. The summed E-state index contributed by atoms with van der Waals surface area (Å²) >= 11 is 6.33. The zero-order valence-corrected chi connectivity index (χ0v) is 17.5. The van der Waals surface area contributed by atoms with Crippen molar-refractivity contribution in [3.8, 4) is 5.75 Å². The van der Waals surface area contributed by atoms with Gasteiger partial charge in [0.15, 0.2) is 0 Å². The number of nitrogens with one attached hydrogen (secondary N) is 1. The molecule has 0 spiro atoms. The predicted octanol–water partition coefficient (Wildman–Crippen LogP) is 4.86. The van der Waals surface area contributed by atoms with Crippen LogP contribution in [0.3, 0.4) is 0 Å². The molecule has 0 bridgehead atoms. The zero-order chi connectivity index (χ0) is 20.8. The number of hydrogen-bond acceptors (Lipinski definition) is 4. The van der Waals surface area contributed by atoms with Gasteiger partial charge in [-0.3, -0.25) is 4.79 Å². The Balaban J connectivity index is 2.20. The van der Waals surface area contributed by atoms with Crippen molar-refractivity contribution in [3.05, 3.63) is 62.9 Å². The van der Waals surface area contributed by atoms with E-state index in [1.807, 2.05) is 32.9 Å². The number of rotatable bonds is 8. The second-order valence-corrected chi connectivity index (χ2v) is 7.47. The maximum absolute atomic E-state index is 14.8. The third kappa shape index (κ3) is 5.46. The third-order valence-electron chi connectivity index (χ3n) is 4.59. The summed E-state index contributed by atoms with van der Waals surface area (Å²) in [4.78, 5) is 11.4. The Morgan fingerprint density at radius 3 is 2.68 bits per heavy atom. The quantitative estimate of drug-likeness (QED) is 0.613. The molecule has 0 aliphatic heterocycles. The molecular weight excluding hydrogens is 381 g/mol. The van der Waals surface area contributed by atoms with Crippen LogP contribution in [0.25, 0.3) is 0 Å². The van der Waals surface area contributed by atoms with Gasteiger partial charge in [0, 0.05) is 12.1 Å². The lowest BCUT2D eigenvalue weighted by molar-refractivity contribution is -0.142. The van der Waals surface area contributed by atoms with Gasteiger partial charge < -0.3 is 15.2 Å². The molecule has 6 heteroatoms. The molecule has 2 aromatic rings. The van der Waals surface area contributed by atoms with Gasteiger partial charge in [-0.1, -0.05) is 43.6 Å². The van der Waals surface area contributed by atoms with Crippen LogP contribution in [0, 0.1) is 12.7 Å². The molecule has 0 aliphatic carbocycles. The number of phenols is 1. The fraction of sp³-hybridized carbons (Fsp3) is 0.409. The summed E-state index contributed by atoms with van der Waals surface area (Å²) in [6, 6.07) is 7.17. The maximum Gasteiger partial charge on any atom is 0.319 e. The van der Waals surface area contributed by atoms with Crippen molar-refractivity contribution in [3.63, 3.8) is 0 Å². The number of hydrogen-bond donors (Lipinski definition) is 2. The van der Waals surface area contributed by atoms with Crippen LogP contribution in [0.5, 0.6) is 5.75 Å². The molecule has 0 radical (unpaired) electrons. The minimum atomic E-state index is -0.485. The van der Waals surface area contributed by atoms with Crippen LogP contribution in [0.2, 0.25) is 5.02 Å². The SMILES string of the molecule is CCOC(=O)CNCc1cc(C)c(Cc2ccc(O)c(C(C)C)c2)c(Cl)c1F. The molecule has 0 heterocycles. The average molecular weight is 408 g/mol. The standard InChI is InChI=1S/C22H27ClFNO3/c1-5-28-20(27)12-25-11-16-8-14(4)18(21(23)22(16)24)10-15-6-7-19(26)17(9-15)13(2)3/h6-9,13,25-26H,5,10-12H2,1-4H3. The van der Waals surface area contributed by atoms with E-state index in [9.17, 15) is 14.3 Å². The van der Waals surface area contributed by atoms with Crippen molar-refractivity contribution >= 4 is 17.6 Å². The molecule has 2 rings (SSSR count). The first-order valence-electron chi connectivity index (χ1n) is 9.39. The van der Waals surface area contributed by atoms with Crippen LogP contribution < -0.4 is 5.32 Å². The predicted molar refractivity (Wildman–Crippen MR) is 109 cm³/mol. The van der Waals surface area contributed by atoms with Gasteiger partial charge in [0.05, 0.1) is 18.2 Å². The number of aryl methyl sites for hydroxylation is 1. The Kier molecular flexibility index (Phi) is 7.84. The van der Waals surface area contributed by atoms with E-state index in [0.29, 0.717) is 24.2 Å². The van der Waals surface area contributed by atoms with Gasteiger partial charge >= 0.3 is 5.97 Å². The lowest BCUT2D eigenvalue weighted by atomic mass is 9.94.